The molecule has 0 aromatic heterocycles. The molecule has 1 unspecified atom stereocenters. The molecule has 0 amide bonds. The van der Waals surface area contributed by atoms with E-state index in [-0.39, 0.29) is 11.5 Å². The lowest BCUT2D eigenvalue weighted by molar-refractivity contribution is 0.337. The van der Waals surface area contributed by atoms with Crippen molar-refractivity contribution in [3.8, 4) is 6.07 Å². The Morgan fingerprint density at radius 2 is 2.00 bits per heavy atom. The maximum absolute atomic E-state index is 9.33. The number of hydrogen-bond acceptors (Lipinski definition) is 2. The van der Waals surface area contributed by atoms with Gasteiger partial charge < -0.3 is 5.32 Å². The smallest absolute Gasteiger partial charge is 0.101 e. The van der Waals surface area contributed by atoms with Gasteiger partial charge in [0, 0.05) is 4.47 Å². The van der Waals surface area contributed by atoms with Crippen LogP contribution in [-0.4, -0.2) is 0 Å². The number of hydrogen-bond donors (Lipinski definition) is 1. The number of rotatable bonds is 2. The average Bonchev–Trinajstić information content (AvgIpc) is 2.71. The van der Waals surface area contributed by atoms with Gasteiger partial charge in [-0.2, -0.15) is 5.26 Å². The highest BCUT2D eigenvalue weighted by atomic mass is 79.9. The first-order valence-electron chi connectivity index (χ1n) is 7.05. The first-order chi connectivity index (χ1) is 10.0. The molecule has 1 N–H and O–H groups in total. The van der Waals surface area contributed by atoms with Crippen LogP contribution in [0.2, 0.25) is 0 Å². The van der Waals surface area contributed by atoms with E-state index in [1.54, 1.807) is 0 Å². The fraction of sp³-hybridized carbons (Fsp3) is 0.278. The summed E-state index contributed by atoms with van der Waals surface area (Å²) in [5.74, 6) is 0. The van der Waals surface area contributed by atoms with E-state index in [4.69, 9.17) is 0 Å². The summed E-state index contributed by atoms with van der Waals surface area (Å²) in [5.41, 5.74) is 4.44. The molecule has 0 heterocycles. The van der Waals surface area contributed by atoms with Crippen molar-refractivity contribution < 1.29 is 0 Å². The summed E-state index contributed by atoms with van der Waals surface area (Å²) in [5, 5.41) is 12.9. The van der Waals surface area contributed by atoms with E-state index in [1.807, 2.05) is 18.2 Å². The lowest BCUT2D eigenvalue weighted by Gasteiger charge is -2.30. The van der Waals surface area contributed by atoms with Gasteiger partial charge in [0.25, 0.3) is 0 Å². The minimum absolute atomic E-state index is 0.128. The number of benzene rings is 2. The fourth-order valence-electron chi connectivity index (χ4n) is 3.15. The minimum Gasteiger partial charge on any atom is -0.377 e. The number of anilines is 1. The molecule has 0 saturated heterocycles. The van der Waals surface area contributed by atoms with Crippen molar-refractivity contribution in [1.29, 1.82) is 5.26 Å². The highest BCUT2D eigenvalue weighted by Gasteiger charge is 2.38. The van der Waals surface area contributed by atoms with Crippen molar-refractivity contribution in [1.82, 2.24) is 0 Å². The molecule has 0 radical (unpaired) electrons. The van der Waals surface area contributed by atoms with Crippen molar-refractivity contribution in [3.05, 3.63) is 63.6 Å². The molecule has 1 atom stereocenters. The van der Waals surface area contributed by atoms with Crippen LogP contribution in [0.4, 0.5) is 5.69 Å². The normalized spacial score (nSPS) is 18.9. The van der Waals surface area contributed by atoms with Gasteiger partial charge in [0.15, 0.2) is 0 Å². The Balaban J connectivity index is 2.00. The van der Waals surface area contributed by atoms with E-state index >= 15 is 0 Å². The van der Waals surface area contributed by atoms with Crippen LogP contribution in [0, 0.1) is 16.7 Å². The van der Waals surface area contributed by atoms with Crippen LogP contribution in [0.15, 0.2) is 46.9 Å². The number of nitrogens with one attached hydrogen (secondary N) is 1. The van der Waals surface area contributed by atoms with Crippen molar-refractivity contribution in [2.45, 2.75) is 26.3 Å². The first kappa shape index (κ1) is 14.2. The van der Waals surface area contributed by atoms with Crippen molar-refractivity contribution in [3.63, 3.8) is 0 Å². The standard InChI is InChI=1S/C18H17BrN2/c1-18(2)10-12-5-3-4-6-15(12)17(18)21-16-8-7-14(19)9-13(16)11-20/h3-9,17,21H,10H2,1-2H3. The topological polar surface area (TPSA) is 35.8 Å². The summed E-state index contributed by atoms with van der Waals surface area (Å²) in [6, 6.07) is 16.9. The van der Waals surface area contributed by atoms with Gasteiger partial charge in [0.1, 0.15) is 6.07 Å². The van der Waals surface area contributed by atoms with Crippen LogP contribution in [0.1, 0.15) is 36.6 Å². The molecule has 2 aromatic rings. The monoisotopic (exact) mass is 340 g/mol. The molecule has 2 nitrogen and oxygen atoms in total. The molecule has 21 heavy (non-hydrogen) atoms. The molecule has 0 spiro atoms. The molecule has 1 aliphatic carbocycles. The summed E-state index contributed by atoms with van der Waals surface area (Å²) >= 11 is 3.42. The summed E-state index contributed by atoms with van der Waals surface area (Å²) < 4.78 is 0.927. The van der Waals surface area contributed by atoms with Crippen molar-refractivity contribution in [2.24, 2.45) is 5.41 Å². The van der Waals surface area contributed by atoms with Gasteiger partial charge in [-0.25, -0.2) is 0 Å². The van der Waals surface area contributed by atoms with E-state index in [9.17, 15) is 5.26 Å². The number of halogens is 1. The molecule has 0 fully saturated rings. The van der Waals surface area contributed by atoms with Gasteiger partial charge in [0.05, 0.1) is 17.3 Å². The van der Waals surface area contributed by atoms with Gasteiger partial charge in [-0.1, -0.05) is 54.0 Å². The van der Waals surface area contributed by atoms with Gasteiger partial charge in [-0.3, -0.25) is 0 Å². The van der Waals surface area contributed by atoms with Gasteiger partial charge in [-0.15, -0.1) is 0 Å². The van der Waals surface area contributed by atoms with E-state index < -0.39 is 0 Å². The SMILES string of the molecule is CC1(C)Cc2ccccc2C1Nc1ccc(Br)cc1C#N. The highest BCUT2D eigenvalue weighted by molar-refractivity contribution is 9.10. The number of fused-ring (bicyclic) bond motifs is 1. The van der Waals surface area contributed by atoms with E-state index in [2.05, 4.69) is 65.4 Å². The Bertz CT molecular complexity index is 728. The molecule has 3 rings (SSSR count). The Hall–Kier alpha value is -1.79. The quantitative estimate of drug-likeness (QED) is 0.829. The molecular weight excluding hydrogens is 324 g/mol. The second kappa shape index (κ2) is 5.20. The van der Waals surface area contributed by atoms with Crippen LogP contribution in [0.3, 0.4) is 0 Å². The Kier molecular flexibility index (Phi) is 3.51. The van der Waals surface area contributed by atoms with Crippen LogP contribution in [-0.2, 0) is 6.42 Å². The maximum atomic E-state index is 9.33. The molecule has 1 aliphatic rings. The molecule has 3 heteroatoms. The minimum atomic E-state index is 0.128. The van der Waals surface area contributed by atoms with E-state index in [0.29, 0.717) is 5.56 Å². The lowest BCUT2D eigenvalue weighted by Crippen LogP contribution is -2.24. The third kappa shape index (κ3) is 2.56. The molecule has 0 saturated carbocycles. The summed E-state index contributed by atoms with van der Waals surface area (Å²) in [7, 11) is 0. The second-order valence-corrected chi connectivity index (χ2v) is 7.16. The molecule has 2 aromatic carbocycles. The zero-order valence-corrected chi connectivity index (χ0v) is 13.7. The summed E-state index contributed by atoms with van der Waals surface area (Å²) in [4.78, 5) is 0. The van der Waals surface area contributed by atoms with Gasteiger partial charge in [0.2, 0.25) is 0 Å². The lowest BCUT2D eigenvalue weighted by atomic mass is 9.85. The molecule has 0 bridgehead atoms. The Morgan fingerprint density at radius 1 is 1.24 bits per heavy atom. The van der Waals surface area contributed by atoms with Crippen molar-refractivity contribution in [2.75, 3.05) is 5.32 Å². The zero-order valence-electron chi connectivity index (χ0n) is 12.2. The van der Waals surface area contributed by atoms with Gasteiger partial charge in [-0.05, 0) is 41.2 Å². The third-order valence-corrected chi connectivity index (χ3v) is 4.69. The Labute approximate surface area is 133 Å². The van der Waals surface area contributed by atoms with Crippen LogP contribution < -0.4 is 5.32 Å². The summed E-state index contributed by atoms with van der Waals surface area (Å²) in [6.45, 7) is 4.55. The largest absolute Gasteiger partial charge is 0.377 e. The Morgan fingerprint density at radius 3 is 2.76 bits per heavy atom. The maximum Gasteiger partial charge on any atom is 0.101 e. The number of nitrogens with zero attached hydrogens (tertiary/aromatic N) is 1. The van der Waals surface area contributed by atoms with Crippen LogP contribution >= 0.6 is 15.9 Å². The predicted molar refractivity (Wildman–Crippen MR) is 89.1 cm³/mol. The average molecular weight is 341 g/mol. The third-order valence-electron chi connectivity index (χ3n) is 4.20. The second-order valence-electron chi connectivity index (χ2n) is 6.24. The molecule has 0 aliphatic heterocycles. The van der Waals surface area contributed by atoms with E-state index in [1.165, 1.54) is 11.1 Å². The molecule has 106 valence electrons. The fourth-order valence-corrected chi connectivity index (χ4v) is 3.52. The summed E-state index contributed by atoms with van der Waals surface area (Å²) in [6.07, 6.45) is 1.05. The van der Waals surface area contributed by atoms with E-state index in [0.717, 1.165) is 16.6 Å². The highest BCUT2D eigenvalue weighted by Crippen LogP contribution is 2.47. The number of nitriles is 1. The van der Waals surface area contributed by atoms with Gasteiger partial charge >= 0.3 is 0 Å². The zero-order chi connectivity index (χ0) is 15.0. The predicted octanol–water partition coefficient (Wildman–Crippen LogP) is 5.06. The van der Waals surface area contributed by atoms with Crippen molar-refractivity contribution >= 4 is 21.6 Å². The molecular formula is C18H17BrN2. The van der Waals surface area contributed by atoms with Crippen LogP contribution in [0.25, 0.3) is 0 Å². The first-order valence-corrected chi connectivity index (χ1v) is 7.84. The van der Waals surface area contributed by atoms with Crippen LogP contribution in [0.5, 0.6) is 0 Å².